The van der Waals surface area contributed by atoms with Crippen molar-refractivity contribution >= 4 is 5.97 Å². The molecule has 1 aliphatic heterocycles. The number of carboxylic acids is 1. The smallest absolute Gasteiger partial charge is 0.344 e. The molecule has 0 aromatic heterocycles. The normalized spacial score (nSPS) is 17.9. The van der Waals surface area contributed by atoms with Gasteiger partial charge in [0.15, 0.2) is 6.10 Å². The number of rotatable bonds is 5. The standard InChI is InChI=1S/C14H19NO4/c1-11(14(16)17)19-13-4-2-12(3-5-13)10-15-6-8-18-9-7-15/h2-5,11H,6-10H2,1H3,(H,16,17). The summed E-state index contributed by atoms with van der Waals surface area (Å²) in [5, 5.41) is 8.77. The number of ether oxygens (including phenoxy) is 2. The highest BCUT2D eigenvalue weighted by Crippen LogP contribution is 2.15. The van der Waals surface area contributed by atoms with Gasteiger partial charge in [0.25, 0.3) is 0 Å². The van der Waals surface area contributed by atoms with Crippen LogP contribution in [0, 0.1) is 0 Å². The Hall–Kier alpha value is -1.59. The fourth-order valence-corrected chi connectivity index (χ4v) is 1.95. The van der Waals surface area contributed by atoms with Crippen molar-refractivity contribution in [2.45, 2.75) is 19.6 Å². The molecule has 1 aliphatic rings. The lowest BCUT2D eigenvalue weighted by atomic mass is 10.2. The predicted octanol–water partition coefficient (Wildman–Crippen LogP) is 1.37. The van der Waals surface area contributed by atoms with E-state index in [0.717, 1.165) is 32.8 Å². The minimum atomic E-state index is -0.961. The van der Waals surface area contributed by atoms with E-state index in [1.54, 1.807) is 0 Å². The van der Waals surface area contributed by atoms with Crippen molar-refractivity contribution in [2.24, 2.45) is 0 Å². The zero-order chi connectivity index (χ0) is 13.7. The minimum absolute atomic E-state index is 0.584. The van der Waals surface area contributed by atoms with E-state index in [1.807, 2.05) is 24.3 Å². The molecular formula is C14H19NO4. The highest BCUT2D eigenvalue weighted by atomic mass is 16.5. The maximum atomic E-state index is 10.7. The third-order valence-electron chi connectivity index (χ3n) is 3.09. The highest BCUT2D eigenvalue weighted by molar-refractivity contribution is 5.72. The number of nitrogens with zero attached hydrogens (tertiary/aromatic N) is 1. The van der Waals surface area contributed by atoms with Gasteiger partial charge in [0.1, 0.15) is 5.75 Å². The van der Waals surface area contributed by atoms with Crippen molar-refractivity contribution in [3.05, 3.63) is 29.8 Å². The van der Waals surface area contributed by atoms with Crippen molar-refractivity contribution in [1.29, 1.82) is 0 Å². The average Bonchev–Trinajstić information content (AvgIpc) is 2.42. The van der Waals surface area contributed by atoms with E-state index in [1.165, 1.54) is 12.5 Å². The average molecular weight is 265 g/mol. The molecule has 1 atom stereocenters. The topological polar surface area (TPSA) is 59.0 Å². The second-order valence-electron chi connectivity index (χ2n) is 4.63. The maximum absolute atomic E-state index is 10.7. The van der Waals surface area contributed by atoms with Gasteiger partial charge < -0.3 is 14.6 Å². The van der Waals surface area contributed by atoms with Crippen LogP contribution in [0.4, 0.5) is 0 Å². The first-order valence-corrected chi connectivity index (χ1v) is 6.43. The van der Waals surface area contributed by atoms with Gasteiger partial charge >= 0.3 is 5.97 Å². The van der Waals surface area contributed by atoms with Crippen LogP contribution < -0.4 is 4.74 Å². The molecule has 1 saturated heterocycles. The number of hydrogen-bond donors (Lipinski definition) is 1. The first-order valence-electron chi connectivity index (χ1n) is 6.43. The lowest BCUT2D eigenvalue weighted by Gasteiger charge is -2.26. The van der Waals surface area contributed by atoms with E-state index in [4.69, 9.17) is 14.6 Å². The van der Waals surface area contributed by atoms with E-state index in [0.29, 0.717) is 5.75 Å². The number of benzene rings is 1. The molecule has 5 nitrogen and oxygen atoms in total. The zero-order valence-corrected chi connectivity index (χ0v) is 11.0. The van der Waals surface area contributed by atoms with Gasteiger partial charge in [-0.15, -0.1) is 0 Å². The van der Waals surface area contributed by atoms with E-state index in [2.05, 4.69) is 4.90 Å². The third-order valence-corrected chi connectivity index (χ3v) is 3.09. The second-order valence-corrected chi connectivity index (χ2v) is 4.63. The third kappa shape index (κ3) is 4.22. The van der Waals surface area contributed by atoms with Gasteiger partial charge in [-0.3, -0.25) is 4.90 Å². The SMILES string of the molecule is CC(Oc1ccc(CN2CCOCC2)cc1)C(=O)O. The molecule has 0 amide bonds. The molecule has 0 saturated carbocycles. The molecule has 1 aromatic carbocycles. The van der Waals surface area contributed by atoms with Gasteiger partial charge in [-0.05, 0) is 24.6 Å². The van der Waals surface area contributed by atoms with E-state index >= 15 is 0 Å². The number of carboxylic acid groups (broad SMARTS) is 1. The van der Waals surface area contributed by atoms with Gasteiger partial charge in [-0.1, -0.05) is 12.1 Å². The molecule has 0 spiro atoms. The van der Waals surface area contributed by atoms with Crippen molar-refractivity contribution in [2.75, 3.05) is 26.3 Å². The largest absolute Gasteiger partial charge is 0.479 e. The van der Waals surface area contributed by atoms with Gasteiger partial charge in [0.05, 0.1) is 13.2 Å². The molecule has 104 valence electrons. The molecule has 1 aromatic rings. The van der Waals surface area contributed by atoms with E-state index in [9.17, 15) is 4.79 Å². The summed E-state index contributed by atoms with van der Waals surface area (Å²) in [6.07, 6.45) is -0.829. The molecule has 1 unspecified atom stereocenters. The summed E-state index contributed by atoms with van der Waals surface area (Å²) in [5.41, 5.74) is 1.19. The Kier molecular flexibility index (Phi) is 4.76. The van der Waals surface area contributed by atoms with Crippen LogP contribution in [-0.2, 0) is 16.1 Å². The molecule has 2 rings (SSSR count). The lowest BCUT2D eigenvalue weighted by Crippen LogP contribution is -2.35. The summed E-state index contributed by atoms with van der Waals surface area (Å²) in [6, 6.07) is 7.57. The maximum Gasteiger partial charge on any atom is 0.344 e. The van der Waals surface area contributed by atoms with Crippen LogP contribution >= 0.6 is 0 Å². The fourth-order valence-electron chi connectivity index (χ4n) is 1.95. The highest BCUT2D eigenvalue weighted by Gasteiger charge is 2.13. The summed E-state index contributed by atoms with van der Waals surface area (Å²) >= 11 is 0. The molecule has 0 aliphatic carbocycles. The first-order chi connectivity index (χ1) is 9.15. The Balaban J connectivity index is 1.88. The molecule has 1 heterocycles. The summed E-state index contributed by atoms with van der Waals surface area (Å²) in [5.74, 6) is -0.377. The van der Waals surface area contributed by atoms with E-state index in [-0.39, 0.29) is 0 Å². The lowest BCUT2D eigenvalue weighted by molar-refractivity contribution is -0.144. The van der Waals surface area contributed by atoms with Crippen molar-refractivity contribution < 1.29 is 19.4 Å². The Morgan fingerprint density at radius 2 is 2.00 bits per heavy atom. The monoisotopic (exact) mass is 265 g/mol. The summed E-state index contributed by atoms with van der Waals surface area (Å²) in [6.45, 7) is 5.89. The van der Waals surface area contributed by atoms with Crippen molar-refractivity contribution in [3.63, 3.8) is 0 Å². The van der Waals surface area contributed by atoms with Gasteiger partial charge in [0, 0.05) is 19.6 Å². The van der Waals surface area contributed by atoms with Gasteiger partial charge in [-0.25, -0.2) is 4.79 Å². The number of aliphatic carboxylic acids is 1. The number of carbonyl (C=O) groups is 1. The van der Waals surface area contributed by atoms with Crippen LogP contribution in [0.1, 0.15) is 12.5 Å². The molecule has 0 radical (unpaired) electrons. The van der Waals surface area contributed by atoms with Crippen LogP contribution in [-0.4, -0.2) is 48.4 Å². The Bertz CT molecular complexity index is 412. The predicted molar refractivity (Wildman–Crippen MR) is 70.3 cm³/mol. The van der Waals surface area contributed by atoms with Crippen molar-refractivity contribution in [1.82, 2.24) is 4.90 Å². The summed E-state index contributed by atoms with van der Waals surface area (Å²) < 4.78 is 10.6. The quantitative estimate of drug-likeness (QED) is 0.871. The van der Waals surface area contributed by atoms with Crippen LogP contribution in [0.5, 0.6) is 5.75 Å². The van der Waals surface area contributed by atoms with Crippen LogP contribution in [0.2, 0.25) is 0 Å². The summed E-state index contributed by atoms with van der Waals surface area (Å²) in [4.78, 5) is 13.0. The van der Waals surface area contributed by atoms with Crippen LogP contribution in [0.3, 0.4) is 0 Å². The minimum Gasteiger partial charge on any atom is -0.479 e. The number of hydrogen-bond acceptors (Lipinski definition) is 4. The van der Waals surface area contributed by atoms with E-state index < -0.39 is 12.1 Å². The molecular weight excluding hydrogens is 246 g/mol. The molecule has 1 fully saturated rings. The first kappa shape index (κ1) is 13.8. The Morgan fingerprint density at radius 3 is 2.58 bits per heavy atom. The Morgan fingerprint density at radius 1 is 1.37 bits per heavy atom. The Labute approximate surface area is 112 Å². The second kappa shape index (κ2) is 6.54. The van der Waals surface area contributed by atoms with Gasteiger partial charge in [0.2, 0.25) is 0 Å². The fraction of sp³-hybridized carbons (Fsp3) is 0.500. The molecule has 19 heavy (non-hydrogen) atoms. The molecule has 0 bridgehead atoms. The van der Waals surface area contributed by atoms with Crippen LogP contribution in [0.25, 0.3) is 0 Å². The zero-order valence-electron chi connectivity index (χ0n) is 11.0. The molecule has 1 N–H and O–H groups in total. The molecule has 5 heteroatoms. The van der Waals surface area contributed by atoms with Crippen molar-refractivity contribution in [3.8, 4) is 5.75 Å². The number of morpholine rings is 1. The van der Waals surface area contributed by atoms with Crippen LogP contribution in [0.15, 0.2) is 24.3 Å². The van der Waals surface area contributed by atoms with Gasteiger partial charge in [-0.2, -0.15) is 0 Å². The summed E-state index contributed by atoms with van der Waals surface area (Å²) in [7, 11) is 0.